The number of amides is 1. The van der Waals surface area contributed by atoms with Gasteiger partial charge in [-0.2, -0.15) is 5.26 Å². The third-order valence-corrected chi connectivity index (χ3v) is 2.78. The van der Waals surface area contributed by atoms with Crippen LogP contribution in [-0.4, -0.2) is 17.4 Å². The van der Waals surface area contributed by atoms with Crippen LogP contribution in [-0.2, 0) is 0 Å². The van der Waals surface area contributed by atoms with Crippen LogP contribution in [0.2, 0.25) is 0 Å². The molecule has 0 aliphatic carbocycles. The van der Waals surface area contributed by atoms with Crippen molar-refractivity contribution in [3.05, 3.63) is 29.6 Å². The van der Waals surface area contributed by atoms with Crippen molar-refractivity contribution in [3.63, 3.8) is 0 Å². The SMILES string of the molecule is CC(C)CC(C)(C)CNC(=O)c1cccc(C#N)n1. The first-order valence-corrected chi connectivity index (χ1v) is 6.49. The number of nitrogens with zero attached hydrogens (tertiary/aromatic N) is 2. The zero-order valence-electron chi connectivity index (χ0n) is 12.0. The fourth-order valence-corrected chi connectivity index (χ4v) is 2.21. The van der Waals surface area contributed by atoms with E-state index in [9.17, 15) is 4.79 Å². The van der Waals surface area contributed by atoms with Gasteiger partial charge in [0, 0.05) is 6.54 Å². The molecule has 0 aromatic carbocycles. The molecule has 102 valence electrons. The third-order valence-electron chi connectivity index (χ3n) is 2.78. The smallest absolute Gasteiger partial charge is 0.269 e. The van der Waals surface area contributed by atoms with E-state index in [1.807, 2.05) is 6.07 Å². The molecule has 4 nitrogen and oxygen atoms in total. The molecular weight excluding hydrogens is 238 g/mol. The predicted octanol–water partition coefficient (Wildman–Crippen LogP) is 2.76. The number of hydrogen-bond donors (Lipinski definition) is 1. The third kappa shape index (κ3) is 5.09. The summed E-state index contributed by atoms with van der Waals surface area (Å²) < 4.78 is 0. The zero-order valence-corrected chi connectivity index (χ0v) is 12.0. The number of hydrogen-bond acceptors (Lipinski definition) is 3. The second kappa shape index (κ2) is 6.33. The van der Waals surface area contributed by atoms with Gasteiger partial charge in [0.05, 0.1) is 0 Å². The van der Waals surface area contributed by atoms with Gasteiger partial charge in [0.15, 0.2) is 0 Å². The topological polar surface area (TPSA) is 65.8 Å². The summed E-state index contributed by atoms with van der Waals surface area (Å²) in [4.78, 5) is 15.9. The maximum Gasteiger partial charge on any atom is 0.269 e. The van der Waals surface area contributed by atoms with E-state index in [0.29, 0.717) is 18.2 Å². The Labute approximate surface area is 114 Å². The van der Waals surface area contributed by atoms with E-state index < -0.39 is 0 Å². The van der Waals surface area contributed by atoms with Gasteiger partial charge in [-0.05, 0) is 29.9 Å². The lowest BCUT2D eigenvalue weighted by atomic mass is 9.84. The average Bonchev–Trinajstić information content (AvgIpc) is 2.34. The van der Waals surface area contributed by atoms with Crippen LogP contribution in [0.1, 0.15) is 50.3 Å². The fourth-order valence-electron chi connectivity index (χ4n) is 2.21. The second-order valence-electron chi connectivity index (χ2n) is 5.96. The van der Waals surface area contributed by atoms with Crippen LogP contribution >= 0.6 is 0 Å². The lowest BCUT2D eigenvalue weighted by molar-refractivity contribution is 0.0926. The van der Waals surface area contributed by atoms with Crippen molar-refractivity contribution in [1.29, 1.82) is 5.26 Å². The van der Waals surface area contributed by atoms with E-state index in [2.05, 4.69) is 38.0 Å². The lowest BCUT2D eigenvalue weighted by Gasteiger charge is -2.26. The van der Waals surface area contributed by atoms with Gasteiger partial charge in [0.1, 0.15) is 17.5 Å². The highest BCUT2D eigenvalue weighted by atomic mass is 16.1. The van der Waals surface area contributed by atoms with E-state index in [1.165, 1.54) is 0 Å². The number of nitrogens with one attached hydrogen (secondary N) is 1. The molecule has 1 N–H and O–H groups in total. The molecule has 0 atom stereocenters. The molecule has 0 fully saturated rings. The van der Waals surface area contributed by atoms with Crippen LogP contribution in [0, 0.1) is 22.7 Å². The number of pyridine rings is 1. The fraction of sp³-hybridized carbons (Fsp3) is 0.533. The Kier molecular flexibility index (Phi) is 5.05. The summed E-state index contributed by atoms with van der Waals surface area (Å²) >= 11 is 0. The van der Waals surface area contributed by atoms with Crippen molar-refractivity contribution < 1.29 is 4.79 Å². The molecule has 1 amide bonds. The van der Waals surface area contributed by atoms with Crippen LogP contribution in [0.25, 0.3) is 0 Å². The molecule has 0 radical (unpaired) electrons. The van der Waals surface area contributed by atoms with E-state index >= 15 is 0 Å². The minimum atomic E-state index is -0.228. The van der Waals surface area contributed by atoms with E-state index in [4.69, 9.17) is 5.26 Å². The van der Waals surface area contributed by atoms with Gasteiger partial charge in [-0.3, -0.25) is 4.79 Å². The molecule has 0 saturated carbocycles. The molecule has 1 aromatic heterocycles. The van der Waals surface area contributed by atoms with Crippen molar-refractivity contribution in [1.82, 2.24) is 10.3 Å². The Morgan fingerprint density at radius 3 is 2.74 bits per heavy atom. The highest BCUT2D eigenvalue weighted by molar-refractivity contribution is 5.92. The van der Waals surface area contributed by atoms with Crippen LogP contribution in [0.5, 0.6) is 0 Å². The van der Waals surface area contributed by atoms with Crippen molar-refractivity contribution in [2.75, 3.05) is 6.54 Å². The molecule has 0 saturated heterocycles. The molecule has 0 unspecified atom stereocenters. The van der Waals surface area contributed by atoms with Crippen molar-refractivity contribution >= 4 is 5.91 Å². The van der Waals surface area contributed by atoms with Crippen molar-refractivity contribution in [3.8, 4) is 6.07 Å². The summed E-state index contributed by atoms with van der Waals surface area (Å²) in [6, 6.07) is 6.80. The normalized spacial score (nSPS) is 11.2. The van der Waals surface area contributed by atoms with Gasteiger partial charge in [0.25, 0.3) is 5.91 Å². The summed E-state index contributed by atoms with van der Waals surface area (Å²) in [5, 5.41) is 11.6. The Hall–Kier alpha value is -1.89. The first-order valence-electron chi connectivity index (χ1n) is 6.49. The molecule has 0 aliphatic rings. The molecule has 0 spiro atoms. The van der Waals surface area contributed by atoms with Gasteiger partial charge < -0.3 is 5.32 Å². The molecule has 0 aliphatic heterocycles. The van der Waals surface area contributed by atoms with Gasteiger partial charge in [0.2, 0.25) is 0 Å². The highest BCUT2D eigenvalue weighted by Crippen LogP contribution is 2.24. The standard InChI is InChI=1S/C15H21N3O/c1-11(2)8-15(3,4)10-17-14(19)13-7-5-6-12(9-16)18-13/h5-7,11H,8,10H2,1-4H3,(H,17,19). The molecule has 1 rings (SSSR count). The average molecular weight is 259 g/mol. The monoisotopic (exact) mass is 259 g/mol. The van der Waals surface area contributed by atoms with E-state index in [0.717, 1.165) is 6.42 Å². The molecular formula is C15H21N3O. The minimum absolute atomic E-state index is 0.0522. The highest BCUT2D eigenvalue weighted by Gasteiger charge is 2.20. The molecule has 19 heavy (non-hydrogen) atoms. The number of rotatable bonds is 5. The summed E-state index contributed by atoms with van der Waals surface area (Å²) in [6.45, 7) is 9.20. The summed E-state index contributed by atoms with van der Waals surface area (Å²) in [6.07, 6.45) is 1.04. The van der Waals surface area contributed by atoms with Gasteiger partial charge in [-0.1, -0.05) is 33.8 Å². The van der Waals surface area contributed by atoms with Gasteiger partial charge >= 0.3 is 0 Å². The molecule has 0 bridgehead atoms. The molecule has 1 heterocycles. The molecule has 1 aromatic rings. The van der Waals surface area contributed by atoms with E-state index in [-0.39, 0.29) is 17.0 Å². The summed E-state index contributed by atoms with van der Waals surface area (Å²) in [5.74, 6) is 0.362. The zero-order chi connectivity index (χ0) is 14.5. The lowest BCUT2D eigenvalue weighted by Crippen LogP contribution is -2.35. The van der Waals surface area contributed by atoms with Gasteiger partial charge in [-0.25, -0.2) is 4.98 Å². The minimum Gasteiger partial charge on any atom is -0.350 e. The van der Waals surface area contributed by atoms with Crippen molar-refractivity contribution in [2.24, 2.45) is 11.3 Å². The number of aromatic nitrogens is 1. The Balaban J connectivity index is 2.63. The Morgan fingerprint density at radius 1 is 1.47 bits per heavy atom. The second-order valence-corrected chi connectivity index (χ2v) is 5.96. The maximum atomic E-state index is 12.0. The predicted molar refractivity (Wildman–Crippen MR) is 74.5 cm³/mol. The number of carbonyl (C=O) groups excluding carboxylic acids is 1. The van der Waals surface area contributed by atoms with Crippen LogP contribution < -0.4 is 5.32 Å². The number of nitriles is 1. The van der Waals surface area contributed by atoms with E-state index in [1.54, 1.807) is 18.2 Å². The van der Waals surface area contributed by atoms with Crippen LogP contribution in [0.15, 0.2) is 18.2 Å². The summed E-state index contributed by atoms with van der Waals surface area (Å²) in [5.41, 5.74) is 0.602. The maximum absolute atomic E-state index is 12.0. The van der Waals surface area contributed by atoms with Gasteiger partial charge in [-0.15, -0.1) is 0 Å². The van der Waals surface area contributed by atoms with Crippen LogP contribution in [0.4, 0.5) is 0 Å². The number of carbonyl (C=O) groups is 1. The first-order chi connectivity index (χ1) is 8.84. The molecule has 4 heteroatoms. The Morgan fingerprint density at radius 2 is 2.16 bits per heavy atom. The van der Waals surface area contributed by atoms with Crippen LogP contribution in [0.3, 0.4) is 0 Å². The van der Waals surface area contributed by atoms with Crippen molar-refractivity contribution in [2.45, 2.75) is 34.1 Å². The largest absolute Gasteiger partial charge is 0.350 e. The quantitative estimate of drug-likeness (QED) is 0.884. The first kappa shape index (κ1) is 15.2. The Bertz CT molecular complexity index is 486. The summed E-state index contributed by atoms with van der Waals surface area (Å²) in [7, 11) is 0.